The molecule has 0 aromatic heterocycles. The molecule has 2 amide bonds. The molecule has 0 radical (unpaired) electrons. The average Bonchev–Trinajstić information content (AvgIpc) is 2.45. The van der Waals surface area contributed by atoms with Crippen LogP contribution in [0.2, 0.25) is 0 Å². The normalized spacial score (nSPS) is 31.6. The number of fused-ring (bicyclic) bond motifs is 1. The number of hydrogen-bond acceptors (Lipinski definition) is 3. The van der Waals surface area contributed by atoms with Gasteiger partial charge in [0.05, 0.1) is 11.8 Å². The number of hydrogen-bond donors (Lipinski definition) is 0. The van der Waals surface area contributed by atoms with E-state index in [2.05, 4.69) is 6.58 Å². The molecule has 4 nitrogen and oxygen atoms in total. The van der Waals surface area contributed by atoms with Crippen LogP contribution in [0.4, 0.5) is 0 Å². The highest BCUT2D eigenvalue weighted by Gasteiger charge is 2.49. The maximum Gasteiger partial charge on any atom is 0.267 e. The lowest BCUT2D eigenvalue weighted by Gasteiger charge is -2.19. The van der Waals surface area contributed by atoms with Crippen molar-refractivity contribution in [1.82, 2.24) is 5.06 Å². The van der Waals surface area contributed by atoms with E-state index in [9.17, 15) is 9.59 Å². The van der Waals surface area contributed by atoms with E-state index in [4.69, 9.17) is 4.84 Å². The van der Waals surface area contributed by atoms with Crippen LogP contribution in [-0.2, 0) is 14.4 Å². The third kappa shape index (κ3) is 1.22. The zero-order valence-electron chi connectivity index (χ0n) is 7.94. The van der Waals surface area contributed by atoms with E-state index in [1.165, 1.54) is 0 Å². The fourth-order valence-electron chi connectivity index (χ4n) is 2.31. The Balaban J connectivity index is 2.19. The molecule has 1 aliphatic heterocycles. The van der Waals surface area contributed by atoms with Crippen LogP contribution in [0.15, 0.2) is 12.8 Å². The lowest BCUT2D eigenvalue weighted by molar-refractivity contribution is -0.174. The van der Waals surface area contributed by atoms with Gasteiger partial charge in [-0.05, 0) is 12.8 Å². The number of amides is 2. The Labute approximate surface area is 82.5 Å². The van der Waals surface area contributed by atoms with Gasteiger partial charge >= 0.3 is 0 Å². The van der Waals surface area contributed by atoms with Crippen molar-refractivity contribution < 1.29 is 14.4 Å². The van der Waals surface area contributed by atoms with Crippen LogP contribution >= 0.6 is 0 Å². The first-order chi connectivity index (χ1) is 6.75. The molecule has 1 aliphatic carbocycles. The Morgan fingerprint density at radius 2 is 1.71 bits per heavy atom. The Kier molecular flexibility index (Phi) is 2.27. The van der Waals surface area contributed by atoms with Crippen molar-refractivity contribution in [2.75, 3.05) is 0 Å². The summed E-state index contributed by atoms with van der Waals surface area (Å²) >= 11 is 0. The van der Waals surface area contributed by atoms with Crippen LogP contribution in [0.3, 0.4) is 0 Å². The highest BCUT2D eigenvalue weighted by atomic mass is 16.7. The topological polar surface area (TPSA) is 46.6 Å². The molecule has 0 N–H and O–H groups in total. The molecule has 1 saturated carbocycles. The third-order valence-electron chi connectivity index (χ3n) is 2.98. The lowest BCUT2D eigenvalue weighted by atomic mass is 9.81. The highest BCUT2D eigenvalue weighted by molar-refractivity contribution is 6.04. The van der Waals surface area contributed by atoms with Gasteiger partial charge in [-0.15, -0.1) is 5.06 Å². The minimum absolute atomic E-state index is 0.142. The standard InChI is InChI=1S/C10H13NO3/c1-2-14-11-9(12)7-5-3-4-6-8(7)10(11)13/h2,7-8H,1,3-6H2/t7-,8+. The molecular formula is C10H13NO3. The summed E-state index contributed by atoms with van der Waals surface area (Å²) in [4.78, 5) is 28.2. The average molecular weight is 195 g/mol. The second-order valence-electron chi connectivity index (χ2n) is 3.74. The third-order valence-corrected chi connectivity index (χ3v) is 2.98. The minimum atomic E-state index is -0.195. The zero-order valence-corrected chi connectivity index (χ0v) is 7.94. The van der Waals surface area contributed by atoms with Gasteiger partial charge in [0.2, 0.25) is 0 Å². The van der Waals surface area contributed by atoms with Crippen LogP contribution in [0.1, 0.15) is 25.7 Å². The number of rotatable bonds is 2. The van der Waals surface area contributed by atoms with Gasteiger partial charge in [-0.3, -0.25) is 9.59 Å². The minimum Gasteiger partial charge on any atom is -0.378 e. The van der Waals surface area contributed by atoms with E-state index < -0.39 is 0 Å². The van der Waals surface area contributed by atoms with Gasteiger partial charge in [-0.1, -0.05) is 19.4 Å². The van der Waals surface area contributed by atoms with Crippen LogP contribution in [0, 0.1) is 11.8 Å². The number of nitrogens with zero attached hydrogens (tertiary/aromatic N) is 1. The SMILES string of the molecule is C=CON1C(=O)[C@H]2CCCC[C@H]2C1=O. The summed E-state index contributed by atoms with van der Waals surface area (Å²) in [7, 11) is 0. The molecule has 2 atom stereocenters. The fourth-order valence-corrected chi connectivity index (χ4v) is 2.31. The summed E-state index contributed by atoms with van der Waals surface area (Å²) in [5.41, 5.74) is 0. The summed E-state index contributed by atoms with van der Waals surface area (Å²) in [5, 5.41) is 0.869. The molecular weight excluding hydrogens is 182 g/mol. The van der Waals surface area contributed by atoms with Crippen molar-refractivity contribution in [3.8, 4) is 0 Å². The largest absolute Gasteiger partial charge is 0.378 e. The Bertz CT molecular complexity index is 263. The Morgan fingerprint density at radius 3 is 2.14 bits per heavy atom. The molecule has 0 aromatic rings. The van der Waals surface area contributed by atoms with E-state index in [1.54, 1.807) is 0 Å². The first-order valence-corrected chi connectivity index (χ1v) is 4.91. The summed E-state index contributed by atoms with van der Waals surface area (Å²) in [6.07, 6.45) is 4.80. The van der Waals surface area contributed by atoms with Crippen LogP contribution in [0.25, 0.3) is 0 Å². The Morgan fingerprint density at radius 1 is 1.21 bits per heavy atom. The van der Waals surface area contributed by atoms with Gasteiger partial charge < -0.3 is 4.84 Å². The van der Waals surface area contributed by atoms with E-state index in [1.807, 2.05) is 0 Å². The van der Waals surface area contributed by atoms with Crippen molar-refractivity contribution in [2.24, 2.45) is 11.8 Å². The van der Waals surface area contributed by atoms with Crippen molar-refractivity contribution in [3.05, 3.63) is 12.8 Å². The number of carbonyl (C=O) groups excluding carboxylic acids is 2. The summed E-state index contributed by atoms with van der Waals surface area (Å²) in [6, 6.07) is 0. The van der Waals surface area contributed by atoms with Crippen LogP contribution in [-0.4, -0.2) is 16.9 Å². The molecule has 76 valence electrons. The Hall–Kier alpha value is -1.32. The number of carbonyl (C=O) groups is 2. The van der Waals surface area contributed by atoms with Gasteiger partial charge in [0, 0.05) is 0 Å². The van der Waals surface area contributed by atoms with Crippen molar-refractivity contribution in [3.63, 3.8) is 0 Å². The zero-order chi connectivity index (χ0) is 10.1. The number of imide groups is 1. The molecule has 2 fully saturated rings. The summed E-state index contributed by atoms with van der Waals surface area (Å²) in [5.74, 6) is -0.674. The molecule has 4 heteroatoms. The van der Waals surface area contributed by atoms with Gasteiger partial charge in [-0.2, -0.15) is 0 Å². The van der Waals surface area contributed by atoms with Crippen LogP contribution < -0.4 is 0 Å². The number of hydroxylamine groups is 2. The molecule has 1 saturated heterocycles. The predicted octanol–water partition coefficient (Wildman–Crippen LogP) is 1.24. The highest BCUT2D eigenvalue weighted by Crippen LogP contribution is 2.37. The van der Waals surface area contributed by atoms with E-state index >= 15 is 0 Å². The van der Waals surface area contributed by atoms with E-state index in [0.29, 0.717) is 0 Å². The smallest absolute Gasteiger partial charge is 0.267 e. The van der Waals surface area contributed by atoms with Crippen molar-refractivity contribution in [1.29, 1.82) is 0 Å². The molecule has 0 unspecified atom stereocenters. The lowest BCUT2D eigenvalue weighted by Crippen LogP contribution is -2.29. The van der Waals surface area contributed by atoms with Crippen molar-refractivity contribution >= 4 is 11.8 Å². The molecule has 0 aromatic carbocycles. The fraction of sp³-hybridized carbons (Fsp3) is 0.600. The van der Waals surface area contributed by atoms with Crippen molar-refractivity contribution in [2.45, 2.75) is 25.7 Å². The molecule has 0 bridgehead atoms. The second-order valence-corrected chi connectivity index (χ2v) is 3.74. The molecule has 1 heterocycles. The first-order valence-electron chi connectivity index (χ1n) is 4.91. The maximum absolute atomic E-state index is 11.7. The monoisotopic (exact) mass is 195 g/mol. The van der Waals surface area contributed by atoms with Gasteiger partial charge in [0.1, 0.15) is 6.26 Å². The maximum atomic E-state index is 11.7. The molecule has 14 heavy (non-hydrogen) atoms. The van der Waals surface area contributed by atoms with E-state index in [-0.39, 0.29) is 23.7 Å². The molecule has 2 rings (SSSR count). The van der Waals surface area contributed by atoms with Crippen LogP contribution in [0.5, 0.6) is 0 Å². The quantitative estimate of drug-likeness (QED) is 0.492. The predicted molar refractivity (Wildman–Crippen MR) is 48.6 cm³/mol. The van der Waals surface area contributed by atoms with Gasteiger partial charge in [0.15, 0.2) is 0 Å². The summed E-state index contributed by atoms with van der Waals surface area (Å²) < 4.78 is 0. The molecule has 0 spiro atoms. The van der Waals surface area contributed by atoms with Gasteiger partial charge in [-0.25, -0.2) is 0 Å². The first kappa shape index (κ1) is 9.24. The van der Waals surface area contributed by atoms with E-state index in [0.717, 1.165) is 37.0 Å². The van der Waals surface area contributed by atoms with Gasteiger partial charge in [0.25, 0.3) is 11.8 Å². The second kappa shape index (κ2) is 3.44. The summed E-state index contributed by atoms with van der Waals surface area (Å²) in [6.45, 7) is 3.34. The molecule has 2 aliphatic rings.